The Kier molecular flexibility index (Phi) is 5.30. The number of methoxy groups -OCH3 is 1. The van der Waals surface area contributed by atoms with Crippen LogP contribution >= 0.6 is 0 Å². The van der Waals surface area contributed by atoms with E-state index < -0.39 is 31.1 Å². The number of fused-ring (bicyclic) bond motifs is 1. The van der Waals surface area contributed by atoms with Crippen LogP contribution in [-0.2, 0) is 11.3 Å². The summed E-state index contributed by atoms with van der Waals surface area (Å²) in [6.45, 7) is -0.322. The number of nitrogens with one attached hydrogen (secondary N) is 1. The molecule has 4 rings (SSSR count). The zero-order valence-electron chi connectivity index (χ0n) is 15.9. The van der Waals surface area contributed by atoms with Gasteiger partial charge < -0.3 is 40.3 Å². The van der Waals surface area contributed by atoms with Crippen molar-refractivity contribution in [1.82, 2.24) is 19.5 Å². The van der Waals surface area contributed by atoms with Gasteiger partial charge >= 0.3 is 0 Å². The first-order chi connectivity index (χ1) is 14.5. The van der Waals surface area contributed by atoms with Crippen LogP contribution in [0.1, 0.15) is 11.8 Å². The van der Waals surface area contributed by atoms with Crippen LogP contribution in [0.5, 0.6) is 17.2 Å². The third kappa shape index (κ3) is 3.25. The number of aromatic hydroxyl groups is 2. The van der Waals surface area contributed by atoms with E-state index >= 15 is 0 Å². The van der Waals surface area contributed by atoms with Gasteiger partial charge in [0.2, 0.25) is 5.75 Å². The second-order valence-electron chi connectivity index (χ2n) is 6.75. The number of hydrogen-bond donors (Lipinski definition) is 6. The lowest BCUT2D eigenvalue weighted by atomic mass is 10.1. The fourth-order valence-corrected chi connectivity index (χ4v) is 3.37. The van der Waals surface area contributed by atoms with E-state index in [1.807, 2.05) is 0 Å². The predicted octanol–water partition coefficient (Wildman–Crippen LogP) is -0.530. The summed E-state index contributed by atoms with van der Waals surface area (Å²) in [7, 11) is 1.38. The monoisotopic (exact) mass is 419 g/mol. The predicted molar refractivity (Wildman–Crippen MR) is 102 cm³/mol. The number of aliphatic hydroxyl groups is 3. The third-order valence-corrected chi connectivity index (χ3v) is 5.01. The molecule has 12 heteroatoms. The molecule has 0 radical (unpaired) electrons. The number of aliphatic hydroxyl groups excluding tert-OH is 3. The lowest BCUT2D eigenvalue weighted by Crippen LogP contribution is -2.33. The van der Waals surface area contributed by atoms with Crippen LogP contribution in [-0.4, -0.2) is 77.1 Å². The number of aromatic nitrogens is 4. The fourth-order valence-electron chi connectivity index (χ4n) is 3.37. The van der Waals surface area contributed by atoms with Crippen LogP contribution in [0.4, 0.5) is 5.82 Å². The molecule has 0 unspecified atom stereocenters. The van der Waals surface area contributed by atoms with Gasteiger partial charge in [0.05, 0.1) is 20.0 Å². The first kappa shape index (κ1) is 20.1. The molecule has 6 N–H and O–H groups in total. The molecule has 12 nitrogen and oxygen atoms in total. The quantitative estimate of drug-likeness (QED) is 0.283. The summed E-state index contributed by atoms with van der Waals surface area (Å²) in [5.74, 6) is -0.180. The van der Waals surface area contributed by atoms with Crippen molar-refractivity contribution in [2.45, 2.75) is 31.1 Å². The Bertz CT molecular complexity index is 1060. The minimum Gasteiger partial charge on any atom is -0.504 e. The van der Waals surface area contributed by atoms with E-state index in [1.165, 1.54) is 30.4 Å². The zero-order valence-corrected chi connectivity index (χ0v) is 15.9. The Morgan fingerprint density at radius 3 is 2.63 bits per heavy atom. The molecule has 4 atom stereocenters. The van der Waals surface area contributed by atoms with Gasteiger partial charge in [-0.05, 0) is 12.1 Å². The van der Waals surface area contributed by atoms with E-state index in [0.29, 0.717) is 22.5 Å². The van der Waals surface area contributed by atoms with Gasteiger partial charge in [-0.3, -0.25) is 4.57 Å². The summed E-state index contributed by atoms with van der Waals surface area (Å²) in [5, 5.41) is 52.6. The molecule has 1 aromatic carbocycles. The van der Waals surface area contributed by atoms with Gasteiger partial charge in [0.15, 0.2) is 34.7 Å². The van der Waals surface area contributed by atoms with Crippen molar-refractivity contribution >= 4 is 17.0 Å². The van der Waals surface area contributed by atoms with Crippen molar-refractivity contribution in [1.29, 1.82) is 0 Å². The molecule has 1 fully saturated rings. The lowest BCUT2D eigenvalue weighted by Gasteiger charge is -2.16. The summed E-state index contributed by atoms with van der Waals surface area (Å²) in [6, 6.07) is 3.12. The average Bonchev–Trinajstić information content (AvgIpc) is 3.30. The van der Waals surface area contributed by atoms with Gasteiger partial charge in [0.25, 0.3) is 0 Å². The third-order valence-electron chi connectivity index (χ3n) is 5.01. The van der Waals surface area contributed by atoms with Crippen LogP contribution in [0.15, 0.2) is 24.8 Å². The van der Waals surface area contributed by atoms with Gasteiger partial charge in [-0.15, -0.1) is 0 Å². The number of rotatable bonds is 6. The van der Waals surface area contributed by atoms with E-state index in [9.17, 15) is 25.5 Å². The van der Waals surface area contributed by atoms with Gasteiger partial charge in [0, 0.05) is 12.1 Å². The summed E-state index contributed by atoms with van der Waals surface area (Å²) in [4.78, 5) is 12.6. The molecule has 3 heterocycles. The van der Waals surface area contributed by atoms with Gasteiger partial charge in [-0.25, -0.2) is 15.0 Å². The van der Waals surface area contributed by atoms with Crippen LogP contribution in [0.3, 0.4) is 0 Å². The maximum atomic E-state index is 10.3. The highest BCUT2D eigenvalue weighted by atomic mass is 16.6. The topological polar surface area (TPSA) is 175 Å². The fraction of sp³-hybridized carbons (Fsp3) is 0.389. The molecule has 0 saturated carbocycles. The summed E-state index contributed by atoms with van der Waals surface area (Å²) in [6.07, 6.45) is -1.75. The molecule has 30 heavy (non-hydrogen) atoms. The average molecular weight is 419 g/mol. The molecular formula is C18H21N5O7. The Morgan fingerprint density at radius 2 is 1.93 bits per heavy atom. The SMILES string of the molecule is COc1ccc(CNc2ncnc3c2ncn3[C@@H]2O[C@H](CO)[C@@H](O)[C@H]2O)c(O)c1O. The normalized spacial score (nSPS) is 23.7. The number of anilines is 1. The molecule has 1 aliphatic heterocycles. The molecule has 0 amide bonds. The van der Waals surface area contributed by atoms with Crippen molar-refractivity contribution in [2.75, 3.05) is 19.0 Å². The Labute approximate surface area is 170 Å². The maximum Gasteiger partial charge on any atom is 0.200 e. The molecule has 0 spiro atoms. The zero-order chi connectivity index (χ0) is 21.4. The number of phenols is 2. The molecule has 0 aliphatic carbocycles. The van der Waals surface area contributed by atoms with Crippen molar-refractivity contribution in [3.05, 3.63) is 30.4 Å². The van der Waals surface area contributed by atoms with Crippen LogP contribution in [0.25, 0.3) is 11.2 Å². The maximum absolute atomic E-state index is 10.3. The Balaban J connectivity index is 1.60. The van der Waals surface area contributed by atoms with Crippen molar-refractivity contribution in [3.63, 3.8) is 0 Å². The van der Waals surface area contributed by atoms with E-state index in [0.717, 1.165) is 0 Å². The van der Waals surface area contributed by atoms with Gasteiger partial charge in [-0.1, -0.05) is 0 Å². The van der Waals surface area contributed by atoms with E-state index in [1.54, 1.807) is 6.07 Å². The smallest absolute Gasteiger partial charge is 0.200 e. The van der Waals surface area contributed by atoms with Crippen molar-refractivity contribution < 1.29 is 35.0 Å². The number of benzene rings is 1. The summed E-state index contributed by atoms with van der Waals surface area (Å²) >= 11 is 0. The summed E-state index contributed by atoms with van der Waals surface area (Å²) in [5.41, 5.74) is 1.11. The first-order valence-corrected chi connectivity index (χ1v) is 9.08. The van der Waals surface area contributed by atoms with Crippen LogP contribution in [0.2, 0.25) is 0 Å². The standard InChI is InChI=1S/C18H21N5O7/c1-29-9-3-2-8(12(25)13(9)26)4-19-16-11-17(21-6-20-16)23(7-22-11)18-15(28)14(27)10(5-24)30-18/h2-3,6-7,10,14-15,18,24-28H,4-5H2,1H3,(H,19,20,21)/t10-,14-,15-,18-/m1/s1. The van der Waals surface area contributed by atoms with Gasteiger partial charge in [0.1, 0.15) is 24.6 Å². The highest BCUT2D eigenvalue weighted by Crippen LogP contribution is 2.38. The van der Waals surface area contributed by atoms with E-state index in [2.05, 4.69) is 20.3 Å². The van der Waals surface area contributed by atoms with E-state index in [-0.39, 0.29) is 23.8 Å². The Morgan fingerprint density at radius 1 is 1.13 bits per heavy atom. The van der Waals surface area contributed by atoms with E-state index in [4.69, 9.17) is 9.47 Å². The second kappa shape index (κ2) is 7.91. The highest BCUT2D eigenvalue weighted by Gasteiger charge is 2.44. The molecular weight excluding hydrogens is 398 g/mol. The number of hydrogen-bond acceptors (Lipinski definition) is 11. The minimum atomic E-state index is -1.27. The highest BCUT2D eigenvalue weighted by molar-refractivity contribution is 5.82. The molecule has 3 aromatic rings. The van der Waals surface area contributed by atoms with Crippen molar-refractivity contribution in [2.24, 2.45) is 0 Å². The van der Waals surface area contributed by atoms with Crippen molar-refractivity contribution in [3.8, 4) is 17.2 Å². The second-order valence-corrected chi connectivity index (χ2v) is 6.75. The Hall–Kier alpha value is -3.19. The largest absolute Gasteiger partial charge is 0.504 e. The number of imidazole rings is 1. The molecule has 1 saturated heterocycles. The first-order valence-electron chi connectivity index (χ1n) is 9.08. The van der Waals surface area contributed by atoms with Crippen LogP contribution in [0, 0.1) is 0 Å². The van der Waals surface area contributed by atoms with Crippen LogP contribution < -0.4 is 10.1 Å². The molecule has 160 valence electrons. The summed E-state index contributed by atoms with van der Waals surface area (Å²) < 4.78 is 11.9. The molecule has 2 aromatic heterocycles. The number of nitrogens with zero attached hydrogens (tertiary/aromatic N) is 4. The molecule has 0 bridgehead atoms. The number of ether oxygens (including phenoxy) is 2. The number of phenolic OH excluding ortho intramolecular Hbond substituents is 2. The lowest BCUT2D eigenvalue weighted by molar-refractivity contribution is -0.0511. The van der Waals surface area contributed by atoms with Gasteiger partial charge in [-0.2, -0.15) is 0 Å². The minimum absolute atomic E-state index is 0.121. The molecule has 1 aliphatic rings.